The third-order valence-corrected chi connectivity index (χ3v) is 3.87. The zero-order valence-electron chi connectivity index (χ0n) is 13.3. The number of aliphatic hydroxyl groups excluding tert-OH is 1. The first-order valence-corrected chi connectivity index (χ1v) is 7.71. The lowest BCUT2D eigenvalue weighted by Crippen LogP contribution is -2.49. The molecule has 0 radical (unpaired) electrons. The number of nitrogens with zero attached hydrogens (tertiary/aromatic N) is 1. The molecule has 2 atom stereocenters. The molecule has 1 aromatic carbocycles. The number of anilines is 1. The van der Waals surface area contributed by atoms with E-state index in [1.54, 1.807) is 5.48 Å². The van der Waals surface area contributed by atoms with Crippen LogP contribution in [0.2, 0.25) is 0 Å². The molecule has 7 nitrogen and oxygen atoms in total. The average molecular weight is 321 g/mol. The van der Waals surface area contributed by atoms with Crippen LogP contribution in [0.25, 0.3) is 0 Å². The van der Waals surface area contributed by atoms with Gasteiger partial charge in [-0.3, -0.25) is 25.2 Å². The van der Waals surface area contributed by atoms with E-state index in [2.05, 4.69) is 5.43 Å². The Bertz CT molecular complexity index is 576. The van der Waals surface area contributed by atoms with Gasteiger partial charge in [0.15, 0.2) is 0 Å². The van der Waals surface area contributed by atoms with E-state index >= 15 is 0 Å². The average Bonchev–Trinajstić information content (AvgIpc) is 2.82. The van der Waals surface area contributed by atoms with Crippen molar-refractivity contribution in [3.8, 4) is 0 Å². The van der Waals surface area contributed by atoms with Crippen LogP contribution < -0.4 is 15.9 Å². The molecule has 0 saturated heterocycles. The summed E-state index contributed by atoms with van der Waals surface area (Å²) in [5.74, 6) is -1.32. The second kappa shape index (κ2) is 7.43. The first-order chi connectivity index (χ1) is 10.9. The van der Waals surface area contributed by atoms with Crippen molar-refractivity contribution in [2.45, 2.75) is 39.3 Å². The van der Waals surface area contributed by atoms with Crippen LogP contribution >= 0.6 is 0 Å². The summed E-state index contributed by atoms with van der Waals surface area (Å²) in [6.07, 6.45) is 0.00188. The standard InChI is InChI=1S/C16H23N3O4/c1-10(2)7-12(8-14(20)18-23)16(22)17-19-13-6-4-3-5-11(13)9-15(19)21/h3-6,10,12,15,21,23H,7-9H2,1-2H3,(H,17,22)(H,18,20)/t12-,15-/m1/s1. The van der Waals surface area contributed by atoms with Crippen molar-refractivity contribution in [1.82, 2.24) is 10.9 Å². The van der Waals surface area contributed by atoms with E-state index in [9.17, 15) is 14.7 Å². The Morgan fingerprint density at radius 3 is 2.70 bits per heavy atom. The molecule has 2 amide bonds. The highest BCUT2D eigenvalue weighted by molar-refractivity contribution is 5.86. The third-order valence-electron chi connectivity index (χ3n) is 3.87. The number of para-hydroxylation sites is 1. The maximum atomic E-state index is 12.5. The number of amides is 2. The van der Waals surface area contributed by atoms with E-state index in [1.807, 2.05) is 38.1 Å². The highest BCUT2D eigenvalue weighted by Gasteiger charge is 2.31. The molecule has 0 fully saturated rings. The van der Waals surface area contributed by atoms with E-state index in [0.717, 1.165) is 11.3 Å². The quantitative estimate of drug-likeness (QED) is 0.462. The minimum atomic E-state index is -0.831. The summed E-state index contributed by atoms with van der Waals surface area (Å²) in [5.41, 5.74) is 5.97. The first kappa shape index (κ1) is 17.2. The summed E-state index contributed by atoms with van der Waals surface area (Å²) in [6, 6.07) is 7.43. The number of hydrazine groups is 1. The fourth-order valence-corrected chi connectivity index (χ4v) is 2.83. The number of hydrogen-bond donors (Lipinski definition) is 4. The number of carbonyl (C=O) groups excluding carboxylic acids is 2. The molecule has 23 heavy (non-hydrogen) atoms. The summed E-state index contributed by atoms with van der Waals surface area (Å²) in [6.45, 7) is 3.91. The van der Waals surface area contributed by atoms with Gasteiger partial charge in [0.2, 0.25) is 11.8 Å². The third kappa shape index (κ3) is 4.20. The zero-order valence-corrected chi connectivity index (χ0v) is 13.3. The van der Waals surface area contributed by atoms with E-state index in [0.29, 0.717) is 12.8 Å². The minimum absolute atomic E-state index is 0.105. The Morgan fingerprint density at radius 2 is 2.04 bits per heavy atom. The molecule has 0 saturated carbocycles. The van der Waals surface area contributed by atoms with Crippen LogP contribution in [-0.2, 0) is 16.0 Å². The molecule has 126 valence electrons. The van der Waals surface area contributed by atoms with E-state index in [4.69, 9.17) is 5.21 Å². The van der Waals surface area contributed by atoms with Gasteiger partial charge in [-0.15, -0.1) is 0 Å². The Morgan fingerprint density at radius 1 is 1.35 bits per heavy atom. The lowest BCUT2D eigenvalue weighted by atomic mass is 9.93. The molecular weight excluding hydrogens is 298 g/mol. The second-order valence-electron chi connectivity index (χ2n) is 6.23. The van der Waals surface area contributed by atoms with Gasteiger partial charge in [-0.25, -0.2) is 5.48 Å². The number of fused-ring (bicyclic) bond motifs is 1. The second-order valence-corrected chi connectivity index (χ2v) is 6.23. The highest BCUT2D eigenvalue weighted by Crippen LogP contribution is 2.29. The van der Waals surface area contributed by atoms with Gasteiger partial charge in [0.25, 0.3) is 0 Å². The monoisotopic (exact) mass is 321 g/mol. The predicted octanol–water partition coefficient (Wildman–Crippen LogP) is 0.956. The molecule has 1 aromatic rings. The summed E-state index contributed by atoms with van der Waals surface area (Å²) in [7, 11) is 0. The molecule has 4 N–H and O–H groups in total. The molecule has 1 heterocycles. The summed E-state index contributed by atoms with van der Waals surface area (Å²) in [4.78, 5) is 23.9. The van der Waals surface area contributed by atoms with Crippen molar-refractivity contribution < 1.29 is 19.9 Å². The van der Waals surface area contributed by atoms with Crippen LogP contribution in [0.1, 0.15) is 32.3 Å². The molecule has 2 rings (SSSR count). The first-order valence-electron chi connectivity index (χ1n) is 7.71. The number of aliphatic hydroxyl groups is 1. The Hall–Kier alpha value is -2.12. The topological polar surface area (TPSA) is 102 Å². The van der Waals surface area contributed by atoms with Gasteiger partial charge in [-0.05, 0) is 24.0 Å². The van der Waals surface area contributed by atoms with Gasteiger partial charge < -0.3 is 5.11 Å². The van der Waals surface area contributed by atoms with Crippen LogP contribution in [0.3, 0.4) is 0 Å². The minimum Gasteiger partial charge on any atom is -0.371 e. The number of hydrogen-bond acceptors (Lipinski definition) is 5. The Kier molecular flexibility index (Phi) is 5.57. The molecule has 0 aliphatic carbocycles. The number of hydroxylamine groups is 1. The van der Waals surface area contributed by atoms with Gasteiger partial charge >= 0.3 is 0 Å². The summed E-state index contributed by atoms with van der Waals surface area (Å²) >= 11 is 0. The van der Waals surface area contributed by atoms with E-state index < -0.39 is 18.1 Å². The molecular formula is C16H23N3O4. The van der Waals surface area contributed by atoms with Crippen molar-refractivity contribution in [2.24, 2.45) is 11.8 Å². The maximum Gasteiger partial charge on any atom is 0.244 e. The normalized spacial score (nSPS) is 17.8. The highest BCUT2D eigenvalue weighted by atomic mass is 16.5. The van der Waals surface area contributed by atoms with Crippen molar-refractivity contribution in [3.63, 3.8) is 0 Å². The van der Waals surface area contributed by atoms with Crippen molar-refractivity contribution in [2.75, 3.05) is 5.01 Å². The van der Waals surface area contributed by atoms with Crippen LogP contribution in [0.15, 0.2) is 24.3 Å². The van der Waals surface area contributed by atoms with Gasteiger partial charge in [0, 0.05) is 18.8 Å². The number of carbonyl (C=O) groups is 2. The summed E-state index contributed by atoms with van der Waals surface area (Å²) in [5, 5.41) is 20.2. The number of benzene rings is 1. The van der Waals surface area contributed by atoms with Gasteiger partial charge in [-0.2, -0.15) is 0 Å². The van der Waals surface area contributed by atoms with E-state index in [1.165, 1.54) is 5.01 Å². The molecule has 0 unspecified atom stereocenters. The van der Waals surface area contributed by atoms with Crippen LogP contribution in [0.4, 0.5) is 5.69 Å². The van der Waals surface area contributed by atoms with Gasteiger partial charge in [0.1, 0.15) is 6.23 Å². The lowest BCUT2D eigenvalue weighted by Gasteiger charge is -2.27. The summed E-state index contributed by atoms with van der Waals surface area (Å²) < 4.78 is 0. The molecule has 1 aliphatic rings. The molecule has 0 aromatic heterocycles. The van der Waals surface area contributed by atoms with Crippen molar-refractivity contribution in [1.29, 1.82) is 0 Å². The van der Waals surface area contributed by atoms with Crippen molar-refractivity contribution >= 4 is 17.5 Å². The smallest absolute Gasteiger partial charge is 0.244 e. The SMILES string of the molecule is CC(C)C[C@H](CC(=O)NO)C(=O)NN1c2ccccc2C[C@H]1O. The van der Waals surface area contributed by atoms with Crippen molar-refractivity contribution in [3.05, 3.63) is 29.8 Å². The molecule has 0 spiro atoms. The molecule has 0 bridgehead atoms. The fourth-order valence-electron chi connectivity index (χ4n) is 2.83. The Balaban J connectivity index is 2.10. The molecule has 1 aliphatic heterocycles. The predicted molar refractivity (Wildman–Crippen MR) is 84.3 cm³/mol. The lowest BCUT2D eigenvalue weighted by molar-refractivity contribution is -0.135. The maximum absolute atomic E-state index is 12.5. The largest absolute Gasteiger partial charge is 0.371 e. The fraction of sp³-hybridized carbons (Fsp3) is 0.500. The molecule has 7 heteroatoms. The Labute approximate surface area is 135 Å². The van der Waals surface area contributed by atoms with Gasteiger partial charge in [0.05, 0.1) is 5.69 Å². The zero-order chi connectivity index (χ0) is 17.0. The van der Waals surface area contributed by atoms with Crippen LogP contribution in [0.5, 0.6) is 0 Å². The number of rotatable bonds is 6. The van der Waals surface area contributed by atoms with E-state index in [-0.39, 0.29) is 18.2 Å². The van der Waals surface area contributed by atoms with Crippen LogP contribution in [-0.4, -0.2) is 28.4 Å². The van der Waals surface area contributed by atoms with Crippen LogP contribution in [0, 0.1) is 11.8 Å². The van der Waals surface area contributed by atoms with Gasteiger partial charge in [-0.1, -0.05) is 32.0 Å². The number of nitrogens with one attached hydrogen (secondary N) is 2.